The molecule has 2 N–H and O–H groups in total. The van der Waals surface area contributed by atoms with Crippen LogP contribution in [0.15, 0.2) is 78.9 Å². The normalized spacial score (nSPS) is 27.2. The van der Waals surface area contributed by atoms with E-state index in [1.807, 2.05) is 78.9 Å². The number of rotatable bonds is 9. The maximum atomic E-state index is 12.7. The highest BCUT2D eigenvalue weighted by Crippen LogP contribution is 2.46. The van der Waals surface area contributed by atoms with E-state index in [-0.39, 0.29) is 25.7 Å². The number of carbonyl (C=O) groups excluding carboxylic acids is 2. The van der Waals surface area contributed by atoms with Crippen molar-refractivity contribution in [2.75, 3.05) is 34.0 Å². The van der Waals surface area contributed by atoms with E-state index in [2.05, 4.69) is 5.32 Å². The fourth-order valence-corrected chi connectivity index (χ4v) is 6.05. The van der Waals surface area contributed by atoms with Crippen molar-refractivity contribution in [3.05, 3.63) is 95.6 Å². The number of nitrogens with zero attached hydrogens (tertiary/aromatic N) is 1. The number of fused-ring (bicyclic) bond motifs is 2. The number of imide groups is 1. The lowest BCUT2D eigenvalue weighted by Gasteiger charge is -2.41. The largest absolute Gasteiger partial charge is 0.497 e. The first-order chi connectivity index (χ1) is 20.3. The van der Waals surface area contributed by atoms with Crippen LogP contribution in [0.5, 0.6) is 11.5 Å². The van der Waals surface area contributed by atoms with Gasteiger partial charge in [-0.2, -0.15) is 0 Å². The van der Waals surface area contributed by atoms with Crippen LogP contribution in [-0.2, 0) is 24.6 Å². The molecule has 0 aliphatic carbocycles. The van der Waals surface area contributed by atoms with Crippen molar-refractivity contribution in [3.63, 3.8) is 0 Å². The van der Waals surface area contributed by atoms with Crippen molar-refractivity contribution in [3.8, 4) is 11.5 Å². The molecule has 3 amide bonds. The standard InChI is InChI=1S/C32H34N2O8/c1-20-17-34(30(37)33-28(20)36)29-26-27(35)31(42-29,18-40-26)19-41-32(21-7-5-4-6-8-21,22-9-13-24(38-2)14-10-22)23-11-15-25(39-3)16-12-23/h4-16,20,26-27,29,35H,17-19H2,1-3H3,(H,33,36,37)/t20?,26-,27+,29+,31+/m0/s1. The van der Waals surface area contributed by atoms with Crippen LogP contribution in [0.25, 0.3) is 0 Å². The molecule has 3 aromatic carbocycles. The van der Waals surface area contributed by atoms with Crippen LogP contribution in [0.2, 0.25) is 0 Å². The van der Waals surface area contributed by atoms with Crippen LogP contribution in [0.3, 0.4) is 0 Å². The van der Waals surface area contributed by atoms with Crippen LogP contribution in [0.1, 0.15) is 23.6 Å². The molecular formula is C32H34N2O8. The third-order valence-corrected chi connectivity index (χ3v) is 8.43. The monoisotopic (exact) mass is 574 g/mol. The molecule has 2 bridgehead atoms. The molecule has 1 unspecified atom stereocenters. The summed E-state index contributed by atoms with van der Waals surface area (Å²) in [6.07, 6.45) is -2.72. The van der Waals surface area contributed by atoms with Crippen molar-refractivity contribution >= 4 is 11.9 Å². The summed E-state index contributed by atoms with van der Waals surface area (Å²) in [4.78, 5) is 26.2. The number of carbonyl (C=O) groups is 2. The number of ether oxygens (including phenoxy) is 5. The maximum absolute atomic E-state index is 12.7. The lowest BCUT2D eigenvalue weighted by atomic mass is 9.79. The molecule has 3 saturated heterocycles. The summed E-state index contributed by atoms with van der Waals surface area (Å²) in [5.41, 5.74) is 0.145. The van der Waals surface area contributed by atoms with Gasteiger partial charge in [0.2, 0.25) is 5.91 Å². The fraction of sp³-hybridized carbons (Fsp3) is 0.375. The van der Waals surface area contributed by atoms with E-state index in [9.17, 15) is 14.7 Å². The Kier molecular flexibility index (Phi) is 7.40. The van der Waals surface area contributed by atoms with Crippen molar-refractivity contribution in [1.29, 1.82) is 0 Å². The van der Waals surface area contributed by atoms with Crippen LogP contribution < -0.4 is 14.8 Å². The van der Waals surface area contributed by atoms with E-state index in [0.717, 1.165) is 16.7 Å². The minimum absolute atomic E-state index is 0.0575. The van der Waals surface area contributed by atoms with Gasteiger partial charge in [0, 0.05) is 6.54 Å². The second-order valence-electron chi connectivity index (χ2n) is 10.9. The zero-order chi connectivity index (χ0) is 29.5. The van der Waals surface area contributed by atoms with Gasteiger partial charge in [-0.05, 0) is 41.0 Å². The molecule has 3 aliphatic heterocycles. The Bertz CT molecular complexity index is 1380. The van der Waals surface area contributed by atoms with E-state index < -0.39 is 41.6 Å². The highest BCUT2D eigenvalue weighted by Gasteiger charge is 2.64. The third kappa shape index (κ3) is 4.60. The van der Waals surface area contributed by atoms with Gasteiger partial charge >= 0.3 is 6.03 Å². The molecule has 42 heavy (non-hydrogen) atoms. The Balaban J connectivity index is 1.39. The SMILES string of the molecule is COc1ccc(C(OC[C@@]23CO[C@H]([C@H](N4CC(C)C(=O)NC4=O)O2)[C@H]3O)(c2ccccc2)c2ccc(OC)cc2)cc1. The summed E-state index contributed by atoms with van der Waals surface area (Å²) >= 11 is 0. The van der Waals surface area contributed by atoms with Crippen LogP contribution in [0, 0.1) is 5.92 Å². The number of benzene rings is 3. The molecule has 0 aromatic heterocycles. The number of aliphatic hydroxyl groups is 1. The topological polar surface area (TPSA) is 116 Å². The molecule has 3 aliphatic rings. The minimum Gasteiger partial charge on any atom is -0.497 e. The van der Waals surface area contributed by atoms with Gasteiger partial charge in [0.15, 0.2) is 6.23 Å². The Morgan fingerprint density at radius 1 is 0.929 bits per heavy atom. The number of hydrogen-bond acceptors (Lipinski definition) is 8. The molecule has 0 saturated carbocycles. The first kappa shape index (κ1) is 28.2. The second kappa shape index (κ2) is 11.0. The molecule has 5 atom stereocenters. The summed E-state index contributed by atoms with van der Waals surface area (Å²) in [5.74, 6) is 0.633. The van der Waals surface area contributed by atoms with E-state index in [1.54, 1.807) is 21.1 Å². The Morgan fingerprint density at radius 3 is 2.07 bits per heavy atom. The first-order valence-corrected chi connectivity index (χ1v) is 13.9. The highest BCUT2D eigenvalue weighted by molar-refractivity contribution is 5.97. The molecule has 0 spiro atoms. The average Bonchev–Trinajstić information content (AvgIpc) is 3.49. The predicted octanol–water partition coefficient (Wildman–Crippen LogP) is 3.06. The minimum atomic E-state index is -1.25. The van der Waals surface area contributed by atoms with Gasteiger partial charge in [-0.25, -0.2) is 4.79 Å². The second-order valence-corrected chi connectivity index (χ2v) is 10.9. The summed E-state index contributed by atoms with van der Waals surface area (Å²) in [5, 5.41) is 13.8. The van der Waals surface area contributed by atoms with Crippen molar-refractivity contribution in [2.45, 2.75) is 36.6 Å². The predicted molar refractivity (Wildman–Crippen MR) is 151 cm³/mol. The summed E-state index contributed by atoms with van der Waals surface area (Å²) in [6, 6.07) is 24.6. The third-order valence-electron chi connectivity index (χ3n) is 8.43. The molecule has 3 fully saturated rings. The fourth-order valence-electron chi connectivity index (χ4n) is 6.05. The zero-order valence-corrected chi connectivity index (χ0v) is 23.7. The molecule has 10 heteroatoms. The van der Waals surface area contributed by atoms with Crippen molar-refractivity contribution in [2.24, 2.45) is 5.92 Å². The van der Waals surface area contributed by atoms with Crippen LogP contribution in [-0.4, -0.2) is 80.0 Å². The number of amides is 3. The van der Waals surface area contributed by atoms with E-state index in [0.29, 0.717) is 11.5 Å². The Labute approximate surface area is 244 Å². The van der Waals surface area contributed by atoms with Gasteiger partial charge in [0.1, 0.15) is 34.9 Å². The summed E-state index contributed by atoms with van der Waals surface area (Å²) < 4.78 is 30.3. The van der Waals surface area contributed by atoms with Gasteiger partial charge in [-0.3, -0.25) is 15.0 Å². The van der Waals surface area contributed by atoms with Crippen LogP contribution in [0.4, 0.5) is 4.79 Å². The van der Waals surface area contributed by atoms with E-state index >= 15 is 0 Å². The van der Waals surface area contributed by atoms with Crippen molar-refractivity contribution in [1.82, 2.24) is 10.2 Å². The molecular weight excluding hydrogens is 540 g/mol. The maximum Gasteiger partial charge on any atom is 0.326 e. The van der Waals surface area contributed by atoms with E-state index in [1.165, 1.54) is 4.90 Å². The number of urea groups is 1. The quantitative estimate of drug-likeness (QED) is 0.375. The Hall–Kier alpha value is -3.96. The molecule has 220 valence electrons. The summed E-state index contributed by atoms with van der Waals surface area (Å²) in [6.45, 7) is 1.91. The number of methoxy groups -OCH3 is 2. The Morgan fingerprint density at radius 2 is 1.50 bits per heavy atom. The lowest BCUT2D eigenvalue weighted by molar-refractivity contribution is -0.213. The zero-order valence-electron chi connectivity index (χ0n) is 23.7. The smallest absolute Gasteiger partial charge is 0.326 e. The molecule has 0 radical (unpaired) electrons. The van der Waals surface area contributed by atoms with Gasteiger partial charge in [-0.1, -0.05) is 61.5 Å². The number of nitrogens with one attached hydrogen (secondary N) is 1. The molecule has 10 nitrogen and oxygen atoms in total. The van der Waals surface area contributed by atoms with Gasteiger partial charge in [0.25, 0.3) is 0 Å². The van der Waals surface area contributed by atoms with Crippen LogP contribution >= 0.6 is 0 Å². The first-order valence-electron chi connectivity index (χ1n) is 13.9. The van der Waals surface area contributed by atoms with Crippen molar-refractivity contribution < 1.29 is 38.4 Å². The van der Waals surface area contributed by atoms with Gasteiger partial charge in [0.05, 0.1) is 33.4 Å². The number of hydrogen-bond donors (Lipinski definition) is 2. The average molecular weight is 575 g/mol. The lowest BCUT2D eigenvalue weighted by Crippen LogP contribution is -2.60. The highest BCUT2D eigenvalue weighted by atomic mass is 16.7. The van der Waals surface area contributed by atoms with Gasteiger partial charge in [-0.15, -0.1) is 0 Å². The molecule has 3 heterocycles. The number of aliphatic hydroxyl groups excluding tert-OH is 1. The molecule has 6 rings (SSSR count). The molecule has 3 aromatic rings. The summed E-state index contributed by atoms with van der Waals surface area (Å²) in [7, 11) is 3.23. The van der Waals surface area contributed by atoms with E-state index in [4.69, 9.17) is 23.7 Å². The van der Waals surface area contributed by atoms with Gasteiger partial charge < -0.3 is 28.8 Å².